The Morgan fingerprint density at radius 2 is 1.85 bits per heavy atom. The molecule has 0 saturated carbocycles. The number of anilines is 1. The maximum Gasteiger partial charge on any atom is 0.167 e. The fourth-order valence-electron chi connectivity index (χ4n) is 2.00. The van der Waals surface area contributed by atoms with Gasteiger partial charge in [0.2, 0.25) is 0 Å². The molecule has 2 aromatic carbocycles. The van der Waals surface area contributed by atoms with E-state index < -0.39 is 0 Å². The number of rotatable bonds is 5. The lowest BCUT2D eigenvalue weighted by molar-refractivity contribution is 0.321. The molecule has 0 aliphatic carbocycles. The molecule has 2 nitrogen and oxygen atoms in total. The Bertz CT molecular complexity index is 596. The van der Waals surface area contributed by atoms with Crippen molar-refractivity contribution in [1.29, 1.82) is 0 Å². The van der Waals surface area contributed by atoms with Gasteiger partial charge in [-0.2, -0.15) is 0 Å². The molecule has 2 rings (SSSR count). The fourth-order valence-corrected chi connectivity index (χ4v) is 2.00. The van der Waals surface area contributed by atoms with Gasteiger partial charge in [-0.25, -0.2) is 4.39 Å². The third-order valence-corrected chi connectivity index (χ3v) is 3.30. The molecule has 0 aromatic heterocycles. The van der Waals surface area contributed by atoms with Crippen LogP contribution in [0.4, 0.5) is 10.1 Å². The van der Waals surface area contributed by atoms with Gasteiger partial charge in [0.05, 0.1) is 6.61 Å². The second kappa shape index (κ2) is 6.42. The van der Waals surface area contributed by atoms with E-state index in [2.05, 4.69) is 37.4 Å². The summed E-state index contributed by atoms with van der Waals surface area (Å²) in [7, 11) is 0. The number of benzene rings is 2. The van der Waals surface area contributed by atoms with E-state index >= 15 is 0 Å². The molecule has 0 aliphatic rings. The molecule has 0 heterocycles. The quantitative estimate of drug-likeness (QED) is 0.868. The van der Waals surface area contributed by atoms with E-state index in [4.69, 9.17) is 4.74 Å². The van der Waals surface area contributed by atoms with Crippen molar-refractivity contribution in [3.8, 4) is 5.75 Å². The van der Waals surface area contributed by atoms with E-state index in [-0.39, 0.29) is 5.82 Å². The number of halogens is 1. The molecule has 0 amide bonds. The van der Waals surface area contributed by atoms with Crippen LogP contribution in [-0.4, -0.2) is 6.61 Å². The fraction of sp³-hybridized carbons (Fsp3) is 0.294. The van der Waals surface area contributed by atoms with Crippen molar-refractivity contribution in [2.75, 3.05) is 11.9 Å². The van der Waals surface area contributed by atoms with E-state index in [0.29, 0.717) is 18.9 Å². The Labute approximate surface area is 119 Å². The second-order valence-corrected chi connectivity index (χ2v) is 4.85. The molecule has 0 bridgehead atoms. The number of hydrogen-bond donors (Lipinski definition) is 1. The summed E-state index contributed by atoms with van der Waals surface area (Å²) in [4.78, 5) is 0. The number of aryl methyl sites for hydroxylation is 2. The minimum atomic E-state index is -0.336. The predicted molar refractivity (Wildman–Crippen MR) is 80.8 cm³/mol. The zero-order valence-corrected chi connectivity index (χ0v) is 12.2. The van der Waals surface area contributed by atoms with Crippen molar-refractivity contribution in [2.45, 2.75) is 27.3 Å². The van der Waals surface area contributed by atoms with E-state index in [1.54, 1.807) is 6.07 Å². The number of nitrogens with one attached hydrogen (secondary N) is 1. The van der Waals surface area contributed by atoms with E-state index in [0.717, 1.165) is 5.69 Å². The zero-order valence-electron chi connectivity index (χ0n) is 12.2. The Hall–Kier alpha value is -2.03. The van der Waals surface area contributed by atoms with Gasteiger partial charge in [-0.05, 0) is 49.6 Å². The van der Waals surface area contributed by atoms with Crippen LogP contribution in [0.3, 0.4) is 0 Å². The normalized spacial score (nSPS) is 10.4. The van der Waals surface area contributed by atoms with Crippen molar-refractivity contribution in [2.24, 2.45) is 0 Å². The van der Waals surface area contributed by atoms with Gasteiger partial charge in [0.25, 0.3) is 0 Å². The summed E-state index contributed by atoms with van der Waals surface area (Å²) in [6, 6.07) is 11.3. The van der Waals surface area contributed by atoms with Crippen LogP contribution in [0, 0.1) is 19.7 Å². The molecule has 0 atom stereocenters. The summed E-state index contributed by atoms with van der Waals surface area (Å²) >= 11 is 0. The average molecular weight is 273 g/mol. The van der Waals surface area contributed by atoms with Crippen molar-refractivity contribution >= 4 is 5.69 Å². The van der Waals surface area contributed by atoms with Crippen LogP contribution in [0.25, 0.3) is 0 Å². The van der Waals surface area contributed by atoms with Crippen LogP contribution in [0.15, 0.2) is 36.4 Å². The van der Waals surface area contributed by atoms with Crippen molar-refractivity contribution < 1.29 is 9.13 Å². The molecule has 0 fully saturated rings. The van der Waals surface area contributed by atoms with Crippen LogP contribution in [0.1, 0.15) is 23.6 Å². The third-order valence-electron chi connectivity index (χ3n) is 3.30. The number of ether oxygens (including phenoxy) is 1. The average Bonchev–Trinajstić information content (AvgIpc) is 2.43. The molecular formula is C17H20FNO. The monoisotopic (exact) mass is 273 g/mol. The summed E-state index contributed by atoms with van der Waals surface area (Å²) < 4.78 is 18.9. The van der Waals surface area contributed by atoms with E-state index in [9.17, 15) is 4.39 Å². The highest BCUT2D eigenvalue weighted by molar-refractivity contribution is 5.48. The van der Waals surface area contributed by atoms with Gasteiger partial charge in [-0.3, -0.25) is 0 Å². The highest BCUT2D eigenvalue weighted by atomic mass is 19.1. The summed E-state index contributed by atoms with van der Waals surface area (Å²) in [5.41, 5.74) is 4.48. The van der Waals surface area contributed by atoms with Crippen LogP contribution in [0.5, 0.6) is 5.75 Å². The standard InChI is InChI=1S/C17H20FNO/c1-4-20-17-8-7-15(10-16(17)18)19-11-14-6-5-12(2)13(3)9-14/h5-10,19H,4,11H2,1-3H3. The van der Waals surface area contributed by atoms with Crippen LogP contribution < -0.4 is 10.1 Å². The lowest BCUT2D eigenvalue weighted by atomic mass is 10.1. The molecule has 0 saturated heterocycles. The van der Waals surface area contributed by atoms with Gasteiger partial charge in [0, 0.05) is 18.3 Å². The molecule has 106 valence electrons. The topological polar surface area (TPSA) is 21.3 Å². The van der Waals surface area contributed by atoms with Crippen molar-refractivity contribution in [1.82, 2.24) is 0 Å². The Morgan fingerprint density at radius 1 is 1.05 bits per heavy atom. The van der Waals surface area contributed by atoms with Gasteiger partial charge in [-0.1, -0.05) is 18.2 Å². The smallest absolute Gasteiger partial charge is 0.167 e. The zero-order chi connectivity index (χ0) is 14.5. The molecule has 0 unspecified atom stereocenters. The largest absolute Gasteiger partial charge is 0.491 e. The van der Waals surface area contributed by atoms with Gasteiger partial charge in [-0.15, -0.1) is 0 Å². The Balaban J connectivity index is 2.03. The first-order valence-corrected chi connectivity index (χ1v) is 6.82. The maximum atomic E-state index is 13.7. The minimum Gasteiger partial charge on any atom is -0.491 e. The van der Waals surface area contributed by atoms with Crippen molar-refractivity contribution in [3.63, 3.8) is 0 Å². The molecule has 20 heavy (non-hydrogen) atoms. The van der Waals surface area contributed by atoms with Gasteiger partial charge in [0.1, 0.15) is 0 Å². The maximum absolute atomic E-state index is 13.7. The second-order valence-electron chi connectivity index (χ2n) is 4.85. The first-order valence-electron chi connectivity index (χ1n) is 6.82. The Morgan fingerprint density at radius 3 is 2.50 bits per heavy atom. The minimum absolute atomic E-state index is 0.296. The third kappa shape index (κ3) is 3.50. The first kappa shape index (κ1) is 14.4. The Kier molecular flexibility index (Phi) is 4.61. The molecule has 0 radical (unpaired) electrons. The van der Waals surface area contributed by atoms with E-state index in [1.165, 1.54) is 22.8 Å². The summed E-state index contributed by atoms with van der Waals surface area (Å²) in [6.45, 7) is 7.16. The SMILES string of the molecule is CCOc1ccc(NCc2ccc(C)c(C)c2)cc1F. The highest BCUT2D eigenvalue weighted by Gasteiger charge is 2.04. The molecular weight excluding hydrogens is 253 g/mol. The predicted octanol–water partition coefficient (Wildman–Crippen LogP) is 4.45. The summed E-state index contributed by atoms with van der Waals surface area (Å²) in [6.07, 6.45) is 0. The van der Waals surface area contributed by atoms with Crippen LogP contribution in [0.2, 0.25) is 0 Å². The molecule has 3 heteroatoms. The number of hydrogen-bond acceptors (Lipinski definition) is 2. The lowest BCUT2D eigenvalue weighted by Crippen LogP contribution is -2.01. The molecule has 0 spiro atoms. The highest BCUT2D eigenvalue weighted by Crippen LogP contribution is 2.21. The molecule has 2 aromatic rings. The van der Waals surface area contributed by atoms with Crippen molar-refractivity contribution in [3.05, 3.63) is 58.9 Å². The summed E-state index contributed by atoms with van der Waals surface area (Å²) in [5, 5.41) is 3.22. The molecule has 1 N–H and O–H groups in total. The van der Waals surface area contributed by atoms with Gasteiger partial charge >= 0.3 is 0 Å². The van der Waals surface area contributed by atoms with Crippen LogP contribution in [-0.2, 0) is 6.54 Å². The molecule has 0 aliphatic heterocycles. The van der Waals surface area contributed by atoms with Crippen LogP contribution >= 0.6 is 0 Å². The lowest BCUT2D eigenvalue weighted by Gasteiger charge is -2.10. The van der Waals surface area contributed by atoms with Gasteiger partial charge in [0.15, 0.2) is 11.6 Å². The summed E-state index contributed by atoms with van der Waals surface area (Å²) in [5.74, 6) is -0.0406. The van der Waals surface area contributed by atoms with E-state index in [1.807, 2.05) is 13.0 Å². The van der Waals surface area contributed by atoms with Gasteiger partial charge < -0.3 is 10.1 Å². The first-order chi connectivity index (χ1) is 9.60.